The molecule has 3 aromatic rings. The lowest BCUT2D eigenvalue weighted by molar-refractivity contribution is 0.102. The SMILES string of the molecule is CCN(c1cccc(C)c1)c1cc(C(=O)Nc2ccc(F)cc2)nc(C)n1. The summed E-state index contributed by atoms with van der Waals surface area (Å²) in [4.78, 5) is 23.4. The minimum atomic E-state index is -0.367. The summed E-state index contributed by atoms with van der Waals surface area (Å²) in [5, 5.41) is 2.73. The van der Waals surface area contributed by atoms with Crippen LogP contribution in [0.2, 0.25) is 0 Å². The number of aromatic nitrogens is 2. The van der Waals surface area contributed by atoms with E-state index >= 15 is 0 Å². The number of carbonyl (C=O) groups excluding carboxylic acids is 1. The van der Waals surface area contributed by atoms with Crippen LogP contribution in [0, 0.1) is 19.7 Å². The van der Waals surface area contributed by atoms with E-state index in [1.54, 1.807) is 13.0 Å². The van der Waals surface area contributed by atoms with Crippen molar-refractivity contribution in [2.75, 3.05) is 16.8 Å². The molecule has 1 aromatic heterocycles. The maximum atomic E-state index is 13.0. The van der Waals surface area contributed by atoms with Gasteiger partial charge in [0.2, 0.25) is 0 Å². The molecule has 0 bridgehead atoms. The predicted octanol–water partition coefficient (Wildman–Crippen LogP) is 4.64. The monoisotopic (exact) mass is 364 g/mol. The second-order valence-corrected chi connectivity index (χ2v) is 6.20. The second-order valence-electron chi connectivity index (χ2n) is 6.20. The highest BCUT2D eigenvalue weighted by Crippen LogP contribution is 2.25. The van der Waals surface area contributed by atoms with Gasteiger partial charge in [0.05, 0.1) is 0 Å². The highest BCUT2D eigenvalue weighted by Gasteiger charge is 2.15. The number of benzene rings is 2. The van der Waals surface area contributed by atoms with E-state index in [-0.39, 0.29) is 17.4 Å². The van der Waals surface area contributed by atoms with E-state index in [4.69, 9.17) is 0 Å². The molecular formula is C21H21FN4O. The molecule has 2 aromatic carbocycles. The summed E-state index contributed by atoms with van der Waals surface area (Å²) in [6.07, 6.45) is 0. The first-order valence-electron chi connectivity index (χ1n) is 8.73. The van der Waals surface area contributed by atoms with Crippen molar-refractivity contribution >= 4 is 23.1 Å². The van der Waals surface area contributed by atoms with Crippen LogP contribution in [-0.2, 0) is 0 Å². The summed E-state index contributed by atoms with van der Waals surface area (Å²) in [6.45, 7) is 6.50. The number of hydrogen-bond acceptors (Lipinski definition) is 4. The number of nitrogens with one attached hydrogen (secondary N) is 1. The normalized spacial score (nSPS) is 10.5. The van der Waals surface area contributed by atoms with Crippen LogP contribution in [-0.4, -0.2) is 22.4 Å². The summed E-state index contributed by atoms with van der Waals surface area (Å²) < 4.78 is 13.0. The second kappa shape index (κ2) is 7.95. The molecule has 0 unspecified atom stereocenters. The summed E-state index contributed by atoms with van der Waals surface area (Å²) in [5.74, 6) is 0.432. The number of carbonyl (C=O) groups is 1. The first kappa shape index (κ1) is 18.5. The van der Waals surface area contributed by atoms with E-state index in [1.165, 1.54) is 24.3 Å². The lowest BCUT2D eigenvalue weighted by atomic mass is 10.2. The molecule has 0 spiro atoms. The maximum absolute atomic E-state index is 13.0. The fraction of sp³-hybridized carbons (Fsp3) is 0.190. The number of amides is 1. The van der Waals surface area contributed by atoms with Crippen LogP contribution in [0.25, 0.3) is 0 Å². The minimum Gasteiger partial charge on any atom is -0.327 e. The van der Waals surface area contributed by atoms with E-state index in [2.05, 4.69) is 21.4 Å². The zero-order chi connectivity index (χ0) is 19.4. The van der Waals surface area contributed by atoms with Crippen molar-refractivity contribution in [1.29, 1.82) is 0 Å². The fourth-order valence-corrected chi connectivity index (χ4v) is 2.81. The van der Waals surface area contributed by atoms with Crippen molar-refractivity contribution in [3.8, 4) is 0 Å². The molecule has 0 atom stereocenters. The average molecular weight is 364 g/mol. The van der Waals surface area contributed by atoms with Gasteiger partial charge in [0, 0.05) is 24.0 Å². The Morgan fingerprint density at radius 1 is 1.07 bits per heavy atom. The Hall–Kier alpha value is -3.28. The Labute approximate surface area is 157 Å². The molecule has 0 saturated carbocycles. The molecule has 6 heteroatoms. The van der Waals surface area contributed by atoms with Crippen LogP contribution in [0.1, 0.15) is 28.8 Å². The van der Waals surface area contributed by atoms with Crippen LogP contribution in [0.4, 0.5) is 21.6 Å². The average Bonchev–Trinajstić information content (AvgIpc) is 2.64. The van der Waals surface area contributed by atoms with E-state index in [0.717, 1.165) is 11.3 Å². The molecule has 1 heterocycles. The number of aryl methyl sites for hydroxylation is 2. The van der Waals surface area contributed by atoms with E-state index in [1.807, 2.05) is 36.9 Å². The quantitative estimate of drug-likeness (QED) is 0.716. The fourth-order valence-electron chi connectivity index (χ4n) is 2.81. The molecule has 138 valence electrons. The van der Waals surface area contributed by atoms with Crippen LogP contribution in [0.5, 0.6) is 0 Å². The van der Waals surface area contributed by atoms with Crippen molar-refractivity contribution in [2.45, 2.75) is 20.8 Å². The standard InChI is InChI=1S/C21H21FN4O/c1-4-26(18-7-5-6-14(2)12-18)20-13-19(23-15(3)24-20)21(27)25-17-10-8-16(22)9-11-17/h5-13H,4H2,1-3H3,(H,25,27). The predicted molar refractivity (Wildman–Crippen MR) is 105 cm³/mol. The van der Waals surface area contributed by atoms with Crippen LogP contribution in [0.15, 0.2) is 54.6 Å². The topological polar surface area (TPSA) is 58.1 Å². The molecule has 3 rings (SSSR count). The Balaban J connectivity index is 1.90. The summed E-state index contributed by atoms with van der Waals surface area (Å²) in [5.41, 5.74) is 2.91. The van der Waals surface area contributed by atoms with E-state index in [9.17, 15) is 9.18 Å². The first-order valence-corrected chi connectivity index (χ1v) is 8.73. The zero-order valence-corrected chi connectivity index (χ0v) is 15.5. The van der Waals surface area contributed by atoms with Gasteiger partial charge in [-0.15, -0.1) is 0 Å². The van der Waals surface area contributed by atoms with Gasteiger partial charge >= 0.3 is 0 Å². The van der Waals surface area contributed by atoms with Gasteiger partial charge in [0.25, 0.3) is 5.91 Å². The number of halogens is 1. The van der Waals surface area contributed by atoms with Crippen LogP contribution >= 0.6 is 0 Å². The number of anilines is 3. The maximum Gasteiger partial charge on any atom is 0.274 e. The summed E-state index contributed by atoms with van der Waals surface area (Å²) >= 11 is 0. The van der Waals surface area contributed by atoms with Gasteiger partial charge in [0.1, 0.15) is 23.2 Å². The van der Waals surface area contributed by atoms with Gasteiger partial charge in [-0.25, -0.2) is 14.4 Å². The Bertz CT molecular complexity index is 957. The van der Waals surface area contributed by atoms with Gasteiger partial charge in [-0.1, -0.05) is 12.1 Å². The largest absolute Gasteiger partial charge is 0.327 e. The van der Waals surface area contributed by atoms with Gasteiger partial charge < -0.3 is 10.2 Å². The molecule has 0 fully saturated rings. The Morgan fingerprint density at radius 2 is 1.81 bits per heavy atom. The van der Waals surface area contributed by atoms with Gasteiger partial charge in [-0.05, 0) is 62.7 Å². The van der Waals surface area contributed by atoms with E-state index in [0.29, 0.717) is 23.9 Å². The first-order chi connectivity index (χ1) is 13.0. The molecule has 0 aliphatic carbocycles. The molecule has 1 amide bonds. The molecule has 1 N–H and O–H groups in total. The van der Waals surface area contributed by atoms with Crippen molar-refractivity contribution < 1.29 is 9.18 Å². The zero-order valence-electron chi connectivity index (χ0n) is 15.5. The van der Waals surface area contributed by atoms with E-state index < -0.39 is 0 Å². The molecule has 0 aliphatic rings. The van der Waals surface area contributed by atoms with Crippen molar-refractivity contribution in [3.63, 3.8) is 0 Å². The number of rotatable bonds is 5. The summed E-state index contributed by atoms with van der Waals surface area (Å²) in [6, 6.07) is 15.4. The smallest absolute Gasteiger partial charge is 0.274 e. The third kappa shape index (κ3) is 4.47. The molecule has 0 aliphatic heterocycles. The molecule has 27 heavy (non-hydrogen) atoms. The van der Waals surface area contributed by atoms with Crippen LogP contribution < -0.4 is 10.2 Å². The molecule has 0 saturated heterocycles. The van der Waals surface area contributed by atoms with Gasteiger partial charge in [0.15, 0.2) is 0 Å². The highest BCUT2D eigenvalue weighted by atomic mass is 19.1. The van der Waals surface area contributed by atoms with Gasteiger partial charge in [-0.3, -0.25) is 4.79 Å². The third-order valence-corrected chi connectivity index (χ3v) is 4.07. The number of nitrogens with zero attached hydrogens (tertiary/aromatic N) is 3. The minimum absolute atomic E-state index is 0.257. The van der Waals surface area contributed by atoms with Crippen molar-refractivity contribution in [1.82, 2.24) is 9.97 Å². The van der Waals surface area contributed by atoms with Crippen molar-refractivity contribution in [2.24, 2.45) is 0 Å². The number of hydrogen-bond donors (Lipinski definition) is 1. The summed E-state index contributed by atoms with van der Waals surface area (Å²) in [7, 11) is 0. The molecular weight excluding hydrogens is 343 g/mol. The molecule has 0 radical (unpaired) electrons. The third-order valence-electron chi connectivity index (χ3n) is 4.07. The highest BCUT2D eigenvalue weighted by molar-refractivity contribution is 6.03. The lowest BCUT2D eigenvalue weighted by Crippen LogP contribution is -2.21. The van der Waals surface area contributed by atoms with Crippen molar-refractivity contribution in [3.05, 3.63) is 77.5 Å². The molecule has 5 nitrogen and oxygen atoms in total. The van der Waals surface area contributed by atoms with Gasteiger partial charge in [-0.2, -0.15) is 0 Å². The van der Waals surface area contributed by atoms with Crippen LogP contribution in [0.3, 0.4) is 0 Å². The Morgan fingerprint density at radius 3 is 2.48 bits per heavy atom. The lowest BCUT2D eigenvalue weighted by Gasteiger charge is -2.23. The Kier molecular flexibility index (Phi) is 5.45.